The fraction of sp³-hybridized carbons (Fsp3) is 0.261. The predicted molar refractivity (Wildman–Crippen MR) is 119 cm³/mol. The van der Waals surface area contributed by atoms with Gasteiger partial charge in [-0.15, -0.1) is 5.10 Å². The molecule has 0 atom stereocenters. The molecule has 0 fully saturated rings. The summed E-state index contributed by atoms with van der Waals surface area (Å²) in [6, 6.07) is 11.4. The first-order valence-electron chi connectivity index (χ1n) is 10.1. The Labute approximate surface area is 182 Å². The van der Waals surface area contributed by atoms with E-state index in [1.54, 1.807) is 25.3 Å². The smallest absolute Gasteiger partial charge is 0.291 e. The van der Waals surface area contributed by atoms with Crippen LogP contribution in [-0.2, 0) is 0 Å². The summed E-state index contributed by atoms with van der Waals surface area (Å²) in [6.45, 7) is 2.79. The van der Waals surface area contributed by atoms with E-state index in [2.05, 4.69) is 17.0 Å². The van der Waals surface area contributed by atoms with Crippen LogP contribution in [0.2, 0.25) is 0 Å². The van der Waals surface area contributed by atoms with Gasteiger partial charge in [-0.25, -0.2) is 4.39 Å². The summed E-state index contributed by atoms with van der Waals surface area (Å²) in [5.74, 6) is 1.36. The van der Waals surface area contributed by atoms with Gasteiger partial charge in [-0.2, -0.15) is 9.50 Å². The van der Waals surface area contributed by atoms with Crippen LogP contribution in [0.5, 0.6) is 11.5 Å². The van der Waals surface area contributed by atoms with E-state index in [1.807, 2.05) is 18.2 Å². The van der Waals surface area contributed by atoms with Crippen molar-refractivity contribution in [3.05, 3.63) is 68.7 Å². The van der Waals surface area contributed by atoms with Crippen molar-refractivity contribution in [2.45, 2.75) is 26.2 Å². The van der Waals surface area contributed by atoms with Crippen molar-refractivity contribution >= 4 is 22.4 Å². The normalized spacial score (nSPS) is 11.9. The van der Waals surface area contributed by atoms with Crippen LogP contribution in [0.25, 0.3) is 22.4 Å². The molecule has 2 heterocycles. The molecule has 0 bridgehead atoms. The SMILES string of the molecule is CCCCCOc1ccc(C=c2sc3nc(-c4ccc(F)cc4)nn3c2=O)cc1OC. The van der Waals surface area contributed by atoms with Gasteiger partial charge >= 0.3 is 0 Å². The molecule has 2 aromatic carbocycles. The minimum atomic E-state index is -0.334. The number of hydrogen-bond donors (Lipinski definition) is 0. The molecule has 0 unspecified atom stereocenters. The number of rotatable bonds is 8. The number of methoxy groups -OCH3 is 1. The minimum Gasteiger partial charge on any atom is -0.493 e. The minimum absolute atomic E-state index is 0.250. The maximum absolute atomic E-state index is 13.1. The number of benzene rings is 2. The van der Waals surface area contributed by atoms with Crippen molar-refractivity contribution in [2.24, 2.45) is 0 Å². The monoisotopic (exact) mass is 439 g/mol. The molecule has 2 aromatic heterocycles. The third-order valence-electron chi connectivity index (χ3n) is 4.78. The van der Waals surface area contributed by atoms with E-state index in [1.165, 1.54) is 28.0 Å². The van der Waals surface area contributed by atoms with Crippen molar-refractivity contribution in [1.82, 2.24) is 14.6 Å². The Hall–Kier alpha value is -3.26. The number of halogens is 1. The number of unbranched alkanes of at least 4 members (excludes halogenated alkanes) is 2. The highest BCUT2D eigenvalue weighted by Crippen LogP contribution is 2.28. The molecule has 8 heteroatoms. The molecule has 0 radical (unpaired) electrons. The topological polar surface area (TPSA) is 65.7 Å². The van der Waals surface area contributed by atoms with Crippen LogP contribution in [-0.4, -0.2) is 28.3 Å². The zero-order chi connectivity index (χ0) is 21.8. The van der Waals surface area contributed by atoms with Crippen molar-refractivity contribution in [2.75, 3.05) is 13.7 Å². The van der Waals surface area contributed by atoms with E-state index in [0.29, 0.717) is 39.0 Å². The Bertz CT molecular complexity index is 1300. The highest BCUT2D eigenvalue weighted by atomic mass is 32.1. The first-order valence-corrected chi connectivity index (χ1v) is 10.9. The van der Waals surface area contributed by atoms with E-state index < -0.39 is 0 Å². The molecule has 6 nitrogen and oxygen atoms in total. The molecule has 4 rings (SSSR count). The lowest BCUT2D eigenvalue weighted by Crippen LogP contribution is -2.23. The van der Waals surface area contributed by atoms with Crippen molar-refractivity contribution in [3.63, 3.8) is 0 Å². The molecule has 0 N–H and O–H groups in total. The lowest BCUT2D eigenvalue weighted by molar-refractivity contribution is 0.286. The lowest BCUT2D eigenvalue weighted by atomic mass is 10.2. The highest BCUT2D eigenvalue weighted by Gasteiger charge is 2.12. The van der Waals surface area contributed by atoms with Crippen LogP contribution < -0.4 is 19.6 Å². The maximum atomic E-state index is 13.1. The number of hydrogen-bond acceptors (Lipinski definition) is 6. The summed E-state index contributed by atoms with van der Waals surface area (Å²) in [5.41, 5.74) is 1.22. The van der Waals surface area contributed by atoms with Gasteiger partial charge in [0.25, 0.3) is 5.56 Å². The lowest BCUT2D eigenvalue weighted by Gasteiger charge is -2.11. The van der Waals surface area contributed by atoms with Crippen LogP contribution >= 0.6 is 11.3 Å². The number of nitrogens with zero attached hydrogens (tertiary/aromatic N) is 3. The summed E-state index contributed by atoms with van der Waals surface area (Å²) in [7, 11) is 1.59. The largest absolute Gasteiger partial charge is 0.493 e. The summed E-state index contributed by atoms with van der Waals surface area (Å²) in [5, 5.41) is 4.29. The Morgan fingerprint density at radius 3 is 2.65 bits per heavy atom. The second-order valence-electron chi connectivity index (χ2n) is 7.02. The van der Waals surface area contributed by atoms with Gasteiger partial charge in [0.1, 0.15) is 5.82 Å². The van der Waals surface area contributed by atoms with Crippen molar-refractivity contribution < 1.29 is 13.9 Å². The van der Waals surface area contributed by atoms with Gasteiger partial charge in [0.15, 0.2) is 17.3 Å². The Balaban J connectivity index is 1.61. The van der Waals surface area contributed by atoms with E-state index >= 15 is 0 Å². The summed E-state index contributed by atoms with van der Waals surface area (Å²) >= 11 is 1.25. The molecular weight excluding hydrogens is 417 g/mol. The zero-order valence-electron chi connectivity index (χ0n) is 17.3. The fourth-order valence-electron chi connectivity index (χ4n) is 3.13. The molecule has 4 aromatic rings. The second kappa shape index (κ2) is 9.26. The van der Waals surface area contributed by atoms with Crippen LogP contribution in [0.15, 0.2) is 47.3 Å². The number of thiazole rings is 1. The average molecular weight is 440 g/mol. The first kappa shape index (κ1) is 21.0. The molecule has 0 saturated heterocycles. The Morgan fingerprint density at radius 1 is 1.13 bits per heavy atom. The highest BCUT2D eigenvalue weighted by molar-refractivity contribution is 7.15. The summed E-state index contributed by atoms with van der Waals surface area (Å²) < 4.78 is 26.2. The van der Waals surface area contributed by atoms with E-state index in [4.69, 9.17) is 9.47 Å². The number of ether oxygens (including phenoxy) is 2. The third-order valence-corrected chi connectivity index (χ3v) is 5.73. The van der Waals surface area contributed by atoms with Gasteiger partial charge in [-0.1, -0.05) is 37.2 Å². The zero-order valence-corrected chi connectivity index (χ0v) is 18.1. The quantitative estimate of drug-likeness (QED) is 0.387. The van der Waals surface area contributed by atoms with Gasteiger partial charge in [0.05, 0.1) is 18.2 Å². The molecule has 0 amide bonds. The third kappa shape index (κ3) is 4.59. The molecule has 0 aliphatic carbocycles. The fourth-order valence-corrected chi connectivity index (χ4v) is 4.04. The van der Waals surface area contributed by atoms with Gasteiger partial charge < -0.3 is 9.47 Å². The van der Waals surface area contributed by atoms with E-state index in [-0.39, 0.29) is 11.4 Å². The van der Waals surface area contributed by atoms with Gasteiger partial charge in [-0.05, 0) is 54.5 Å². The van der Waals surface area contributed by atoms with Crippen LogP contribution in [0, 0.1) is 5.82 Å². The molecule has 31 heavy (non-hydrogen) atoms. The number of aromatic nitrogens is 3. The molecule has 0 aliphatic heterocycles. The number of fused-ring (bicyclic) bond motifs is 1. The maximum Gasteiger partial charge on any atom is 0.291 e. The molecule has 160 valence electrons. The standard InChI is InChI=1S/C23H22FN3O3S/c1-3-4-5-12-30-18-11-6-15(13-19(18)29-2)14-20-22(28)27-23(31-20)25-21(26-27)16-7-9-17(24)10-8-16/h6-11,13-14H,3-5,12H2,1-2H3. The molecule has 0 spiro atoms. The Morgan fingerprint density at radius 2 is 1.94 bits per heavy atom. The summed E-state index contributed by atoms with van der Waals surface area (Å²) in [6.07, 6.45) is 5.04. The van der Waals surface area contributed by atoms with Gasteiger partial charge in [0, 0.05) is 5.56 Å². The molecule has 0 saturated carbocycles. The Kier molecular flexibility index (Phi) is 6.27. The van der Waals surface area contributed by atoms with E-state index in [9.17, 15) is 9.18 Å². The van der Waals surface area contributed by atoms with Crippen LogP contribution in [0.1, 0.15) is 31.7 Å². The molecular formula is C23H22FN3O3S. The predicted octanol–water partition coefficient (Wildman–Crippen LogP) is 4.08. The van der Waals surface area contributed by atoms with Crippen molar-refractivity contribution in [1.29, 1.82) is 0 Å². The van der Waals surface area contributed by atoms with Gasteiger partial charge in [0.2, 0.25) is 4.96 Å². The van der Waals surface area contributed by atoms with Crippen LogP contribution in [0.4, 0.5) is 4.39 Å². The first-order chi connectivity index (χ1) is 15.1. The summed E-state index contributed by atoms with van der Waals surface area (Å²) in [4.78, 5) is 17.7. The average Bonchev–Trinajstić information content (AvgIpc) is 3.32. The van der Waals surface area contributed by atoms with E-state index in [0.717, 1.165) is 24.8 Å². The second-order valence-corrected chi connectivity index (χ2v) is 8.03. The van der Waals surface area contributed by atoms with Crippen molar-refractivity contribution in [3.8, 4) is 22.9 Å². The van der Waals surface area contributed by atoms with Gasteiger partial charge in [-0.3, -0.25) is 4.79 Å². The molecule has 0 aliphatic rings. The van der Waals surface area contributed by atoms with Crippen LogP contribution in [0.3, 0.4) is 0 Å².